The lowest BCUT2D eigenvalue weighted by Gasteiger charge is -2.41. The molecular weight excluding hydrogens is 292 g/mol. The van der Waals surface area contributed by atoms with E-state index in [0.717, 1.165) is 0 Å². The number of hydrogen-bond donors (Lipinski definition) is 0. The fourth-order valence-corrected chi connectivity index (χ4v) is 2.77. The highest BCUT2D eigenvalue weighted by Gasteiger charge is 2.41. The van der Waals surface area contributed by atoms with Crippen LogP contribution in [0.5, 0.6) is 0 Å². The van der Waals surface area contributed by atoms with E-state index in [2.05, 4.69) is 58.0 Å². The second-order valence-corrected chi connectivity index (χ2v) is 12.2. The summed E-state index contributed by atoms with van der Waals surface area (Å²) in [6, 6.07) is 0. The van der Waals surface area contributed by atoms with Crippen molar-refractivity contribution in [1.29, 1.82) is 0 Å². The monoisotopic (exact) mass is 322 g/mol. The Balaban J connectivity index is 5.55. The van der Waals surface area contributed by atoms with E-state index >= 15 is 0 Å². The van der Waals surface area contributed by atoms with Crippen LogP contribution in [0.15, 0.2) is 18.4 Å². The highest BCUT2D eigenvalue weighted by atomic mass is 28.4. The number of rotatable bonds is 5. The number of esters is 1. The summed E-state index contributed by atoms with van der Waals surface area (Å²) < 4.78 is 11.3. The first-order valence-corrected chi connectivity index (χ1v) is 10.5. The first kappa shape index (κ1) is 20.7. The van der Waals surface area contributed by atoms with E-state index in [4.69, 9.17) is 9.16 Å². The van der Waals surface area contributed by atoms with Crippen LogP contribution in [0.4, 0.5) is 0 Å². The maximum Gasteiger partial charge on any atom is 0.384 e. The second-order valence-electron chi connectivity index (χ2n) is 7.42. The first-order chi connectivity index (χ1) is 9.87. The maximum atomic E-state index is 11.5. The van der Waals surface area contributed by atoms with E-state index in [0.29, 0.717) is 6.61 Å². The van der Waals surface area contributed by atoms with Gasteiger partial charge in [0.05, 0.1) is 6.61 Å². The Morgan fingerprint density at radius 3 is 2.23 bits per heavy atom. The molecule has 0 aliphatic heterocycles. The van der Waals surface area contributed by atoms with Crippen LogP contribution in [-0.2, 0) is 14.0 Å². The van der Waals surface area contributed by atoms with Gasteiger partial charge in [-0.05, 0) is 31.1 Å². The van der Waals surface area contributed by atoms with Crippen molar-refractivity contribution in [3.05, 3.63) is 18.4 Å². The molecule has 0 aliphatic rings. The van der Waals surface area contributed by atoms with E-state index in [-0.39, 0.29) is 5.04 Å². The van der Waals surface area contributed by atoms with Crippen molar-refractivity contribution >= 4 is 14.3 Å². The molecule has 124 valence electrons. The average Bonchev–Trinajstić information content (AvgIpc) is 2.33. The largest absolute Gasteiger partial charge is 0.456 e. The Morgan fingerprint density at radius 2 is 1.82 bits per heavy atom. The van der Waals surface area contributed by atoms with Gasteiger partial charge in [0, 0.05) is 11.3 Å². The molecule has 0 aromatic rings. The van der Waals surface area contributed by atoms with Crippen LogP contribution in [0.3, 0.4) is 0 Å². The number of ether oxygens (including phenoxy) is 1. The molecular formula is C18H30O3Si. The third-order valence-corrected chi connectivity index (χ3v) is 8.39. The Labute approximate surface area is 136 Å². The zero-order chi connectivity index (χ0) is 17.6. The van der Waals surface area contributed by atoms with Gasteiger partial charge < -0.3 is 9.16 Å². The number of hydrogen-bond acceptors (Lipinski definition) is 3. The van der Waals surface area contributed by atoms with Crippen LogP contribution < -0.4 is 0 Å². The van der Waals surface area contributed by atoms with Gasteiger partial charge in [-0.25, -0.2) is 4.79 Å². The summed E-state index contributed by atoms with van der Waals surface area (Å²) in [5, 5.41) is 0.0603. The minimum atomic E-state index is -2.02. The van der Waals surface area contributed by atoms with Gasteiger partial charge in [0.2, 0.25) is 0 Å². The van der Waals surface area contributed by atoms with E-state index < -0.39 is 25.8 Å². The van der Waals surface area contributed by atoms with E-state index in [1.807, 2.05) is 19.9 Å². The smallest absolute Gasteiger partial charge is 0.384 e. The van der Waals surface area contributed by atoms with Gasteiger partial charge in [0.1, 0.15) is 6.10 Å². The molecule has 0 aromatic carbocycles. The summed E-state index contributed by atoms with van der Waals surface area (Å²) in [5.41, 5.74) is 2.41. The van der Waals surface area contributed by atoms with E-state index in [9.17, 15) is 4.79 Å². The van der Waals surface area contributed by atoms with Gasteiger partial charge in [0.25, 0.3) is 0 Å². The number of carbonyl (C=O) groups excluding carboxylic acids is 1. The molecule has 0 heterocycles. The van der Waals surface area contributed by atoms with Crippen molar-refractivity contribution in [3.63, 3.8) is 0 Å². The van der Waals surface area contributed by atoms with Crippen molar-refractivity contribution in [1.82, 2.24) is 0 Å². The molecule has 3 nitrogen and oxygen atoms in total. The Morgan fingerprint density at radius 1 is 1.27 bits per heavy atom. The number of carbonyl (C=O) groups is 1. The lowest BCUT2D eigenvalue weighted by molar-refractivity contribution is -0.136. The van der Waals surface area contributed by atoms with Crippen LogP contribution in [0.25, 0.3) is 0 Å². The van der Waals surface area contributed by atoms with Gasteiger partial charge >= 0.3 is 5.97 Å². The summed E-state index contributed by atoms with van der Waals surface area (Å²) in [4.78, 5) is 11.5. The van der Waals surface area contributed by atoms with Crippen LogP contribution in [0, 0.1) is 17.3 Å². The molecule has 0 saturated carbocycles. The van der Waals surface area contributed by atoms with E-state index in [1.54, 1.807) is 6.92 Å². The summed E-state index contributed by atoms with van der Waals surface area (Å²) in [7, 11) is -2.02. The minimum Gasteiger partial charge on any atom is -0.456 e. The molecule has 1 atom stereocenters. The molecule has 0 radical (unpaired) electrons. The maximum absolute atomic E-state index is 11.5. The minimum absolute atomic E-state index is 0.0603. The summed E-state index contributed by atoms with van der Waals surface area (Å²) in [5.74, 6) is 4.96. The van der Waals surface area contributed by atoms with Crippen LogP contribution in [-0.4, -0.2) is 27.0 Å². The van der Waals surface area contributed by atoms with Crippen molar-refractivity contribution in [2.75, 3.05) is 6.61 Å². The molecule has 0 rings (SSSR count). The SMILES string of the molecule is C=C=CC(C)(C)C(C#CC(=O)OCC)O[Si](C)(C)C(C)(C)C. The van der Waals surface area contributed by atoms with Gasteiger partial charge in [0.15, 0.2) is 8.32 Å². The lowest BCUT2D eigenvalue weighted by atomic mass is 9.87. The third-order valence-electron chi connectivity index (χ3n) is 3.95. The standard InChI is InChI=1S/C18H30O3Si/c1-10-14-18(6,7)15(12-13-16(19)20-11-2)21-22(8,9)17(3,4)5/h14-15H,1,11H2,2-9H3. The molecule has 1 unspecified atom stereocenters. The van der Waals surface area contributed by atoms with Crippen LogP contribution in [0.2, 0.25) is 18.1 Å². The summed E-state index contributed by atoms with van der Waals surface area (Å²) in [6.07, 6.45) is 1.43. The average molecular weight is 323 g/mol. The normalized spacial score (nSPS) is 13.5. The predicted molar refractivity (Wildman–Crippen MR) is 94.0 cm³/mol. The van der Waals surface area contributed by atoms with Crippen molar-refractivity contribution in [2.45, 2.75) is 65.8 Å². The van der Waals surface area contributed by atoms with Crippen molar-refractivity contribution in [2.24, 2.45) is 5.41 Å². The third kappa shape index (κ3) is 6.23. The molecule has 0 spiro atoms. The van der Waals surface area contributed by atoms with Gasteiger partial charge in [-0.1, -0.05) is 47.1 Å². The van der Waals surface area contributed by atoms with Crippen molar-refractivity contribution in [3.8, 4) is 11.8 Å². The fraction of sp³-hybridized carbons (Fsp3) is 0.667. The lowest BCUT2D eigenvalue weighted by Crippen LogP contribution is -2.47. The fourth-order valence-electron chi connectivity index (χ4n) is 1.47. The quantitative estimate of drug-likeness (QED) is 0.249. The Bertz CT molecular complexity index is 495. The zero-order valence-corrected chi connectivity index (χ0v) is 16.3. The molecule has 0 aliphatic carbocycles. The molecule has 0 saturated heterocycles. The van der Waals surface area contributed by atoms with Gasteiger partial charge in [-0.3, -0.25) is 0 Å². The topological polar surface area (TPSA) is 35.5 Å². The molecule has 0 aromatic heterocycles. The highest BCUT2D eigenvalue weighted by molar-refractivity contribution is 6.74. The molecule has 0 amide bonds. The predicted octanol–water partition coefficient (Wildman–Crippen LogP) is 4.31. The molecule has 4 heteroatoms. The highest BCUT2D eigenvalue weighted by Crippen LogP contribution is 2.39. The summed E-state index contributed by atoms with van der Waals surface area (Å²) in [6.45, 7) is 20.6. The summed E-state index contributed by atoms with van der Waals surface area (Å²) >= 11 is 0. The molecule has 0 N–H and O–H groups in total. The zero-order valence-electron chi connectivity index (χ0n) is 15.3. The van der Waals surface area contributed by atoms with Crippen LogP contribution in [0.1, 0.15) is 41.5 Å². The molecule has 0 bridgehead atoms. The van der Waals surface area contributed by atoms with Gasteiger partial charge in [-0.15, -0.1) is 5.73 Å². The van der Waals surface area contributed by atoms with E-state index in [1.165, 1.54) is 0 Å². The van der Waals surface area contributed by atoms with Gasteiger partial charge in [-0.2, -0.15) is 0 Å². The van der Waals surface area contributed by atoms with Crippen molar-refractivity contribution < 1.29 is 14.0 Å². The Kier molecular flexibility index (Phi) is 7.38. The first-order valence-electron chi connectivity index (χ1n) is 7.60. The molecule has 22 heavy (non-hydrogen) atoms. The van der Waals surface area contributed by atoms with Crippen LogP contribution >= 0.6 is 0 Å². The molecule has 0 fully saturated rings. The Hall–Kier alpha value is -1.27. The second kappa shape index (κ2) is 7.83.